The minimum absolute atomic E-state index is 0.0508. The van der Waals surface area contributed by atoms with Crippen LogP contribution in [0.1, 0.15) is 53.4 Å². The van der Waals surface area contributed by atoms with Gasteiger partial charge in [-0.1, -0.05) is 69.0 Å². The zero-order valence-electron chi connectivity index (χ0n) is 21.7. The van der Waals surface area contributed by atoms with Gasteiger partial charge in [-0.25, -0.2) is 0 Å². The van der Waals surface area contributed by atoms with E-state index in [1.807, 2.05) is 26.0 Å². The number of halogens is 2. The number of anilines is 1. The van der Waals surface area contributed by atoms with Crippen molar-refractivity contribution in [3.63, 3.8) is 0 Å². The van der Waals surface area contributed by atoms with Crippen molar-refractivity contribution in [2.75, 3.05) is 5.32 Å². The zero-order valence-corrected chi connectivity index (χ0v) is 23.2. The lowest BCUT2D eigenvalue weighted by molar-refractivity contribution is -0.144. The Morgan fingerprint density at radius 3 is 2.54 bits per heavy atom. The number of hydrogen-bond acceptors (Lipinski definition) is 4. The molecule has 1 saturated carbocycles. The van der Waals surface area contributed by atoms with Crippen LogP contribution in [0.2, 0.25) is 10.0 Å². The summed E-state index contributed by atoms with van der Waals surface area (Å²) in [4.78, 5) is 43.2. The third-order valence-corrected chi connectivity index (χ3v) is 9.53. The van der Waals surface area contributed by atoms with Gasteiger partial charge in [0, 0.05) is 27.8 Å². The maximum absolute atomic E-state index is 14.0. The smallest absolute Gasteiger partial charge is 0.246 e. The number of hydrogen-bond donors (Lipinski definition) is 2. The largest absolute Gasteiger partial charge is 0.359 e. The van der Waals surface area contributed by atoms with Crippen LogP contribution in [0.5, 0.6) is 0 Å². The number of benzene rings is 1. The van der Waals surface area contributed by atoms with Gasteiger partial charge < -0.3 is 20.3 Å². The van der Waals surface area contributed by atoms with E-state index in [1.54, 1.807) is 23.1 Å². The summed E-state index contributed by atoms with van der Waals surface area (Å²) >= 11 is 12.2. The first-order valence-electron chi connectivity index (χ1n) is 13.3. The third-order valence-electron chi connectivity index (χ3n) is 9.09. The van der Waals surface area contributed by atoms with E-state index in [4.69, 9.17) is 27.9 Å². The van der Waals surface area contributed by atoms with E-state index in [-0.39, 0.29) is 29.8 Å². The molecule has 7 nitrogen and oxygen atoms in total. The van der Waals surface area contributed by atoms with Gasteiger partial charge in [0.25, 0.3) is 0 Å². The number of amides is 3. The lowest BCUT2D eigenvalue weighted by Gasteiger charge is -2.39. The number of nitrogens with zero attached hydrogens (tertiary/aromatic N) is 1. The van der Waals surface area contributed by atoms with Crippen LogP contribution in [-0.2, 0) is 19.1 Å². The highest BCUT2D eigenvalue weighted by Crippen LogP contribution is 2.56. The van der Waals surface area contributed by atoms with E-state index in [0.717, 1.165) is 19.3 Å². The quantitative estimate of drug-likeness (QED) is 0.499. The molecule has 9 atom stereocenters. The lowest BCUT2D eigenvalue weighted by Crippen LogP contribution is -2.59. The van der Waals surface area contributed by atoms with Crippen LogP contribution in [0.4, 0.5) is 5.69 Å². The van der Waals surface area contributed by atoms with E-state index in [1.165, 1.54) is 0 Å². The molecule has 0 aromatic heterocycles. The lowest BCUT2D eigenvalue weighted by atomic mass is 9.73. The Kier molecular flexibility index (Phi) is 7.09. The Balaban J connectivity index is 1.45. The van der Waals surface area contributed by atoms with Crippen molar-refractivity contribution in [2.45, 2.75) is 83.2 Å². The standard InChI is InChI=1S/C28H35Cl2N3O4/c1-5-15(3)33-24(26(35)32-20-8-6-7-14(2)16(20)4)28-10-9-21(37-28)22(23(28)27(33)36)25(34)31-19-12-17(29)11-18(30)13-19/h9-16,20-24H,5-8H2,1-4H3,(H,31,34)(H,32,35). The second-order valence-electron chi connectivity index (χ2n) is 11.2. The highest BCUT2D eigenvalue weighted by molar-refractivity contribution is 6.35. The van der Waals surface area contributed by atoms with E-state index in [9.17, 15) is 14.4 Å². The fourth-order valence-corrected chi connectivity index (χ4v) is 7.30. The summed E-state index contributed by atoms with van der Waals surface area (Å²) in [5, 5.41) is 6.94. The molecule has 3 amide bonds. The van der Waals surface area contributed by atoms with Crippen molar-refractivity contribution in [3.05, 3.63) is 40.4 Å². The Bertz CT molecular complexity index is 1120. The predicted octanol–water partition coefficient (Wildman–Crippen LogP) is 4.82. The molecule has 0 radical (unpaired) electrons. The van der Waals surface area contributed by atoms with Crippen molar-refractivity contribution in [1.82, 2.24) is 10.2 Å². The third kappa shape index (κ3) is 4.37. The van der Waals surface area contributed by atoms with E-state index < -0.39 is 29.6 Å². The molecule has 3 aliphatic heterocycles. The van der Waals surface area contributed by atoms with Gasteiger partial charge in [0.15, 0.2) is 0 Å². The molecule has 3 heterocycles. The second kappa shape index (κ2) is 9.90. The van der Waals surface area contributed by atoms with Crippen LogP contribution in [0.25, 0.3) is 0 Å². The highest BCUT2D eigenvalue weighted by atomic mass is 35.5. The average Bonchev–Trinajstić information content (AvgIpc) is 3.48. The van der Waals surface area contributed by atoms with E-state index in [0.29, 0.717) is 34.0 Å². The first-order valence-corrected chi connectivity index (χ1v) is 14.1. The molecular formula is C28H35Cl2N3O4. The summed E-state index contributed by atoms with van der Waals surface area (Å²) < 4.78 is 6.42. The van der Waals surface area contributed by atoms with Gasteiger partial charge in [-0.15, -0.1) is 0 Å². The van der Waals surface area contributed by atoms with Gasteiger partial charge in [-0.2, -0.15) is 0 Å². The van der Waals surface area contributed by atoms with Crippen molar-refractivity contribution in [1.29, 1.82) is 0 Å². The maximum Gasteiger partial charge on any atom is 0.246 e. The number of carbonyl (C=O) groups excluding carboxylic acids is 3. The summed E-state index contributed by atoms with van der Waals surface area (Å²) in [5.41, 5.74) is -0.727. The van der Waals surface area contributed by atoms with E-state index in [2.05, 4.69) is 24.5 Å². The molecular weight excluding hydrogens is 513 g/mol. The van der Waals surface area contributed by atoms with Gasteiger partial charge >= 0.3 is 0 Å². The molecule has 3 fully saturated rings. The molecule has 1 aliphatic carbocycles. The molecule has 9 heteroatoms. The summed E-state index contributed by atoms with van der Waals surface area (Å²) in [6.07, 6.45) is 6.90. The van der Waals surface area contributed by atoms with Crippen molar-refractivity contribution >= 4 is 46.6 Å². The summed E-state index contributed by atoms with van der Waals surface area (Å²) in [6.45, 7) is 8.34. The summed E-state index contributed by atoms with van der Waals surface area (Å²) in [6, 6.07) is 3.83. The number of likely N-dealkylation sites (tertiary alicyclic amines) is 1. The molecule has 2 bridgehead atoms. The number of rotatable bonds is 6. The fraction of sp³-hybridized carbons (Fsp3) is 0.607. The molecule has 1 aromatic rings. The number of nitrogens with one attached hydrogen (secondary N) is 2. The molecule has 200 valence electrons. The minimum Gasteiger partial charge on any atom is -0.359 e. The van der Waals surface area contributed by atoms with Gasteiger partial charge in [0.1, 0.15) is 11.6 Å². The summed E-state index contributed by atoms with van der Waals surface area (Å²) in [5.74, 6) is -1.46. The SMILES string of the molecule is CCC(C)N1C(=O)C2C(C(=O)Nc3cc(Cl)cc(Cl)c3)C3C=CC2(O3)C1C(=O)NC1CCCC(C)C1C. The van der Waals surface area contributed by atoms with Gasteiger partial charge in [0.2, 0.25) is 17.7 Å². The topological polar surface area (TPSA) is 87.7 Å². The molecule has 4 aliphatic rings. The number of carbonyl (C=O) groups is 3. The second-order valence-corrected chi connectivity index (χ2v) is 12.1. The molecule has 2 saturated heterocycles. The van der Waals surface area contributed by atoms with Gasteiger partial charge in [-0.3, -0.25) is 14.4 Å². The maximum atomic E-state index is 14.0. The Morgan fingerprint density at radius 1 is 1.16 bits per heavy atom. The number of ether oxygens (including phenoxy) is 1. The van der Waals surface area contributed by atoms with Crippen LogP contribution in [0.15, 0.2) is 30.4 Å². The first-order chi connectivity index (χ1) is 17.6. The summed E-state index contributed by atoms with van der Waals surface area (Å²) in [7, 11) is 0. The molecule has 37 heavy (non-hydrogen) atoms. The highest BCUT2D eigenvalue weighted by Gasteiger charge is 2.73. The van der Waals surface area contributed by atoms with Crippen LogP contribution in [0.3, 0.4) is 0 Å². The van der Waals surface area contributed by atoms with Gasteiger partial charge in [-0.05, 0) is 49.8 Å². The molecule has 1 spiro atoms. The zero-order chi connectivity index (χ0) is 26.6. The monoisotopic (exact) mass is 547 g/mol. The molecule has 2 N–H and O–H groups in total. The van der Waals surface area contributed by atoms with Crippen LogP contribution in [-0.4, -0.2) is 52.5 Å². The Hall–Kier alpha value is -2.09. The first kappa shape index (κ1) is 26.5. The Morgan fingerprint density at radius 2 is 1.86 bits per heavy atom. The van der Waals surface area contributed by atoms with Crippen molar-refractivity contribution in [2.24, 2.45) is 23.7 Å². The van der Waals surface area contributed by atoms with E-state index >= 15 is 0 Å². The van der Waals surface area contributed by atoms with Gasteiger partial charge in [0.05, 0.1) is 17.9 Å². The van der Waals surface area contributed by atoms with Crippen LogP contribution in [0, 0.1) is 23.7 Å². The average molecular weight is 549 g/mol. The normalized spacial score (nSPS) is 37.0. The van der Waals surface area contributed by atoms with Crippen molar-refractivity contribution < 1.29 is 19.1 Å². The fourth-order valence-electron chi connectivity index (χ4n) is 6.78. The van der Waals surface area contributed by atoms with Crippen molar-refractivity contribution in [3.8, 4) is 0 Å². The molecule has 5 rings (SSSR count). The minimum atomic E-state index is -1.17. The predicted molar refractivity (Wildman–Crippen MR) is 143 cm³/mol. The van der Waals surface area contributed by atoms with Crippen LogP contribution >= 0.6 is 23.2 Å². The number of fused-ring (bicyclic) bond motifs is 1. The molecule has 1 aromatic carbocycles. The Labute approximate surface area is 228 Å². The molecule has 9 unspecified atom stereocenters. The van der Waals surface area contributed by atoms with Crippen LogP contribution < -0.4 is 10.6 Å².